The standard InChI is InChI=1S/C13H20N2O2/c1-13(2,3)17-12(16)10-6-5-7-11(8-10)15-9-14-4/h5-8,14-15H,9H2,1-4H3. The molecule has 0 bridgehead atoms. The molecule has 0 aromatic heterocycles. The molecule has 4 heteroatoms. The highest BCUT2D eigenvalue weighted by atomic mass is 16.6. The van der Waals surface area contributed by atoms with Crippen LogP contribution in [0.5, 0.6) is 0 Å². The first-order valence-electron chi connectivity index (χ1n) is 5.64. The number of rotatable bonds is 4. The van der Waals surface area contributed by atoms with Crippen LogP contribution in [-0.4, -0.2) is 25.3 Å². The molecule has 0 unspecified atom stereocenters. The third-order valence-electron chi connectivity index (χ3n) is 1.97. The zero-order chi connectivity index (χ0) is 12.9. The lowest BCUT2D eigenvalue weighted by Crippen LogP contribution is -2.24. The van der Waals surface area contributed by atoms with E-state index in [1.54, 1.807) is 12.1 Å². The second-order valence-corrected chi connectivity index (χ2v) is 4.79. The first-order chi connectivity index (χ1) is 7.92. The van der Waals surface area contributed by atoms with E-state index in [1.165, 1.54) is 0 Å². The third-order valence-corrected chi connectivity index (χ3v) is 1.97. The number of hydrogen-bond donors (Lipinski definition) is 2. The molecule has 1 aromatic carbocycles. The van der Waals surface area contributed by atoms with Gasteiger partial charge in [-0.15, -0.1) is 0 Å². The fraction of sp³-hybridized carbons (Fsp3) is 0.462. The Hall–Kier alpha value is -1.55. The first kappa shape index (κ1) is 13.5. The van der Waals surface area contributed by atoms with Crippen molar-refractivity contribution in [2.75, 3.05) is 19.0 Å². The molecule has 0 radical (unpaired) electrons. The average molecular weight is 236 g/mol. The molecule has 0 saturated carbocycles. The summed E-state index contributed by atoms with van der Waals surface area (Å²) in [5.41, 5.74) is 0.981. The molecule has 0 fully saturated rings. The average Bonchev–Trinajstić information content (AvgIpc) is 2.24. The molecule has 0 heterocycles. The Morgan fingerprint density at radius 2 is 2.06 bits per heavy atom. The molecule has 17 heavy (non-hydrogen) atoms. The van der Waals surface area contributed by atoms with Crippen LogP contribution in [0.2, 0.25) is 0 Å². The lowest BCUT2D eigenvalue weighted by atomic mass is 10.1. The van der Waals surface area contributed by atoms with Gasteiger partial charge in [0, 0.05) is 5.69 Å². The number of esters is 1. The van der Waals surface area contributed by atoms with Crippen molar-refractivity contribution in [1.29, 1.82) is 0 Å². The van der Waals surface area contributed by atoms with Gasteiger partial charge >= 0.3 is 5.97 Å². The van der Waals surface area contributed by atoms with Crippen LogP contribution in [0.15, 0.2) is 24.3 Å². The van der Waals surface area contributed by atoms with Gasteiger partial charge < -0.3 is 15.4 Å². The zero-order valence-corrected chi connectivity index (χ0v) is 10.8. The molecule has 4 nitrogen and oxygen atoms in total. The lowest BCUT2D eigenvalue weighted by Gasteiger charge is -2.19. The highest BCUT2D eigenvalue weighted by molar-refractivity contribution is 5.90. The summed E-state index contributed by atoms with van der Waals surface area (Å²) >= 11 is 0. The molecule has 0 amide bonds. The van der Waals surface area contributed by atoms with E-state index in [1.807, 2.05) is 40.0 Å². The highest BCUT2D eigenvalue weighted by Crippen LogP contribution is 2.15. The Bertz CT molecular complexity index is 383. The largest absolute Gasteiger partial charge is 0.456 e. The Kier molecular flexibility index (Phi) is 4.52. The van der Waals surface area contributed by atoms with Gasteiger partial charge in [0.05, 0.1) is 12.2 Å². The molecule has 1 aromatic rings. The minimum absolute atomic E-state index is 0.300. The maximum absolute atomic E-state index is 11.8. The van der Waals surface area contributed by atoms with Crippen molar-refractivity contribution in [3.63, 3.8) is 0 Å². The van der Waals surface area contributed by atoms with Crippen molar-refractivity contribution in [3.8, 4) is 0 Å². The van der Waals surface area contributed by atoms with E-state index >= 15 is 0 Å². The van der Waals surface area contributed by atoms with Crippen molar-refractivity contribution in [2.45, 2.75) is 26.4 Å². The Balaban J connectivity index is 2.74. The number of ether oxygens (including phenoxy) is 1. The van der Waals surface area contributed by atoms with Crippen molar-refractivity contribution < 1.29 is 9.53 Å². The summed E-state index contributed by atoms with van der Waals surface area (Å²) < 4.78 is 5.30. The molecule has 0 spiro atoms. The summed E-state index contributed by atoms with van der Waals surface area (Å²) in [5.74, 6) is -0.300. The molecule has 0 saturated heterocycles. The summed E-state index contributed by atoms with van der Waals surface area (Å²) in [5, 5.41) is 6.11. The first-order valence-corrected chi connectivity index (χ1v) is 5.64. The number of benzene rings is 1. The van der Waals surface area contributed by atoms with Crippen LogP contribution in [0.25, 0.3) is 0 Å². The van der Waals surface area contributed by atoms with E-state index in [0.717, 1.165) is 5.69 Å². The fourth-order valence-electron chi connectivity index (χ4n) is 1.28. The summed E-state index contributed by atoms with van der Waals surface area (Å²) in [4.78, 5) is 11.8. The second-order valence-electron chi connectivity index (χ2n) is 4.79. The van der Waals surface area contributed by atoms with Gasteiger partial charge in [0.15, 0.2) is 0 Å². The van der Waals surface area contributed by atoms with Crippen LogP contribution in [0.3, 0.4) is 0 Å². The minimum atomic E-state index is -0.467. The van der Waals surface area contributed by atoms with Gasteiger partial charge in [-0.05, 0) is 46.0 Å². The van der Waals surface area contributed by atoms with Crippen LogP contribution in [0, 0.1) is 0 Å². The maximum atomic E-state index is 11.8. The number of nitrogens with one attached hydrogen (secondary N) is 2. The van der Waals surface area contributed by atoms with E-state index < -0.39 is 5.60 Å². The predicted molar refractivity (Wildman–Crippen MR) is 69.2 cm³/mol. The van der Waals surface area contributed by atoms with Gasteiger partial charge in [-0.3, -0.25) is 0 Å². The quantitative estimate of drug-likeness (QED) is 0.622. The van der Waals surface area contributed by atoms with Crippen molar-refractivity contribution >= 4 is 11.7 Å². The maximum Gasteiger partial charge on any atom is 0.338 e. The molecule has 2 N–H and O–H groups in total. The topological polar surface area (TPSA) is 50.4 Å². The molecule has 0 aliphatic heterocycles. The normalized spacial score (nSPS) is 11.1. The monoisotopic (exact) mass is 236 g/mol. The molecular weight excluding hydrogens is 216 g/mol. The van der Waals surface area contributed by atoms with Crippen LogP contribution < -0.4 is 10.6 Å². The van der Waals surface area contributed by atoms with Crippen molar-refractivity contribution in [1.82, 2.24) is 5.32 Å². The van der Waals surface area contributed by atoms with Gasteiger partial charge in [-0.2, -0.15) is 0 Å². The van der Waals surface area contributed by atoms with Crippen LogP contribution in [0.4, 0.5) is 5.69 Å². The highest BCUT2D eigenvalue weighted by Gasteiger charge is 2.17. The summed E-state index contributed by atoms with van der Waals surface area (Å²) in [6.45, 7) is 6.22. The second kappa shape index (κ2) is 5.68. The Morgan fingerprint density at radius 1 is 1.35 bits per heavy atom. The SMILES string of the molecule is CNCNc1cccc(C(=O)OC(C)(C)C)c1. The number of hydrogen-bond acceptors (Lipinski definition) is 4. The van der Waals surface area contributed by atoms with E-state index in [4.69, 9.17) is 4.74 Å². The van der Waals surface area contributed by atoms with Gasteiger partial charge in [-0.1, -0.05) is 6.07 Å². The van der Waals surface area contributed by atoms with Gasteiger partial charge in [0.2, 0.25) is 0 Å². The van der Waals surface area contributed by atoms with Gasteiger partial charge in [0.25, 0.3) is 0 Å². The molecule has 94 valence electrons. The van der Waals surface area contributed by atoms with Crippen molar-refractivity contribution in [3.05, 3.63) is 29.8 Å². The van der Waals surface area contributed by atoms with Crippen LogP contribution in [0.1, 0.15) is 31.1 Å². The Labute approximate surface area is 102 Å². The van der Waals surface area contributed by atoms with E-state index in [0.29, 0.717) is 12.2 Å². The predicted octanol–water partition coefficient (Wildman–Crippen LogP) is 2.23. The fourth-order valence-corrected chi connectivity index (χ4v) is 1.28. The van der Waals surface area contributed by atoms with Crippen LogP contribution >= 0.6 is 0 Å². The molecule has 0 aliphatic carbocycles. The number of anilines is 1. The summed E-state index contributed by atoms with van der Waals surface area (Å²) in [7, 11) is 1.85. The lowest BCUT2D eigenvalue weighted by molar-refractivity contribution is 0.00696. The smallest absolute Gasteiger partial charge is 0.338 e. The van der Waals surface area contributed by atoms with E-state index in [2.05, 4.69) is 10.6 Å². The molecule has 0 aliphatic rings. The van der Waals surface area contributed by atoms with Crippen molar-refractivity contribution in [2.24, 2.45) is 0 Å². The molecule has 1 rings (SSSR count). The minimum Gasteiger partial charge on any atom is -0.456 e. The molecular formula is C13H20N2O2. The zero-order valence-electron chi connectivity index (χ0n) is 10.8. The van der Waals surface area contributed by atoms with Crippen LogP contribution in [-0.2, 0) is 4.74 Å². The third kappa shape index (κ3) is 4.87. The summed E-state index contributed by atoms with van der Waals surface area (Å²) in [6.07, 6.45) is 0. The summed E-state index contributed by atoms with van der Waals surface area (Å²) in [6, 6.07) is 7.27. The van der Waals surface area contributed by atoms with E-state index in [-0.39, 0.29) is 5.97 Å². The van der Waals surface area contributed by atoms with E-state index in [9.17, 15) is 4.79 Å². The van der Waals surface area contributed by atoms with Gasteiger partial charge in [0.1, 0.15) is 5.60 Å². The number of carbonyl (C=O) groups is 1. The number of carbonyl (C=O) groups excluding carboxylic acids is 1. The Morgan fingerprint density at radius 3 is 2.65 bits per heavy atom. The van der Waals surface area contributed by atoms with Gasteiger partial charge in [-0.25, -0.2) is 4.79 Å². The molecule has 0 atom stereocenters.